The third-order valence-electron chi connectivity index (χ3n) is 4.38. The largest absolute Gasteiger partial charge is 0.467 e. The molecule has 9 heteroatoms. The molecule has 2 aromatic heterocycles. The number of ether oxygens (including phenoxy) is 1. The molecule has 1 amide bonds. The number of H-pyrrole nitrogens is 1. The van der Waals surface area contributed by atoms with Crippen molar-refractivity contribution in [1.29, 1.82) is 0 Å². The molecule has 1 aromatic carbocycles. The molecule has 4 rings (SSSR count). The molecule has 27 heavy (non-hydrogen) atoms. The van der Waals surface area contributed by atoms with Crippen LogP contribution in [0, 0.1) is 0 Å². The number of rotatable bonds is 6. The van der Waals surface area contributed by atoms with Gasteiger partial charge in [0.15, 0.2) is 0 Å². The highest BCUT2D eigenvalue weighted by Gasteiger charge is 2.15. The number of nitrogens with one attached hydrogen (secondary N) is 2. The van der Waals surface area contributed by atoms with Gasteiger partial charge in [-0.05, 0) is 22.9 Å². The van der Waals surface area contributed by atoms with Crippen molar-refractivity contribution in [3.05, 3.63) is 53.5 Å². The van der Waals surface area contributed by atoms with Crippen LogP contribution < -0.4 is 5.32 Å². The maximum atomic E-state index is 12.4. The molecule has 1 aliphatic heterocycles. The Morgan fingerprint density at radius 1 is 1.26 bits per heavy atom. The van der Waals surface area contributed by atoms with Crippen molar-refractivity contribution in [2.75, 3.05) is 26.3 Å². The molecule has 2 N–H and O–H groups in total. The van der Waals surface area contributed by atoms with Crippen LogP contribution >= 0.6 is 0 Å². The number of amides is 1. The molecule has 1 saturated heterocycles. The minimum absolute atomic E-state index is 0.169. The molecule has 3 heterocycles. The van der Waals surface area contributed by atoms with Crippen molar-refractivity contribution in [2.24, 2.45) is 0 Å². The first-order valence-electron chi connectivity index (χ1n) is 8.76. The second-order valence-electron chi connectivity index (χ2n) is 6.31. The van der Waals surface area contributed by atoms with Crippen LogP contribution in [-0.4, -0.2) is 57.7 Å². The third-order valence-corrected chi connectivity index (χ3v) is 4.38. The van der Waals surface area contributed by atoms with Crippen molar-refractivity contribution < 1.29 is 13.9 Å². The Morgan fingerprint density at radius 3 is 2.96 bits per heavy atom. The van der Waals surface area contributed by atoms with Crippen LogP contribution in [0.4, 0.5) is 0 Å². The lowest BCUT2D eigenvalue weighted by atomic mass is 10.1. The Labute approximate surface area is 155 Å². The summed E-state index contributed by atoms with van der Waals surface area (Å²) in [6, 6.07) is 9.43. The van der Waals surface area contributed by atoms with Crippen LogP contribution in [0.15, 0.2) is 41.0 Å². The third kappa shape index (κ3) is 4.39. The summed E-state index contributed by atoms with van der Waals surface area (Å²) in [6.45, 7) is 4.30. The summed E-state index contributed by atoms with van der Waals surface area (Å²) in [7, 11) is 0. The summed E-state index contributed by atoms with van der Waals surface area (Å²) < 4.78 is 10.9. The zero-order valence-electron chi connectivity index (χ0n) is 14.7. The van der Waals surface area contributed by atoms with Gasteiger partial charge in [-0.2, -0.15) is 5.21 Å². The van der Waals surface area contributed by atoms with E-state index in [1.165, 1.54) is 6.26 Å². The number of aromatic nitrogens is 4. The second kappa shape index (κ2) is 8.11. The Bertz CT molecular complexity index is 886. The SMILES string of the molecule is O=C(NCc1cccc(-c2nn[nH]n2)c1)c1coc(CN2CCOCC2)c1. The Morgan fingerprint density at radius 2 is 2.15 bits per heavy atom. The zero-order chi connectivity index (χ0) is 18.5. The van der Waals surface area contributed by atoms with E-state index in [1.54, 1.807) is 6.07 Å². The van der Waals surface area contributed by atoms with E-state index in [-0.39, 0.29) is 5.91 Å². The number of furan rings is 1. The molecule has 3 aromatic rings. The predicted molar refractivity (Wildman–Crippen MR) is 95.6 cm³/mol. The van der Waals surface area contributed by atoms with Crippen LogP contribution in [0.2, 0.25) is 0 Å². The molecule has 0 unspecified atom stereocenters. The van der Waals surface area contributed by atoms with Gasteiger partial charge in [0.25, 0.3) is 5.91 Å². The number of carbonyl (C=O) groups is 1. The van der Waals surface area contributed by atoms with E-state index in [0.717, 1.165) is 43.2 Å². The number of aromatic amines is 1. The number of hydrogen-bond donors (Lipinski definition) is 2. The maximum Gasteiger partial charge on any atom is 0.254 e. The van der Waals surface area contributed by atoms with Crippen LogP contribution in [0.25, 0.3) is 11.4 Å². The highest BCUT2D eigenvalue weighted by molar-refractivity contribution is 5.93. The maximum absolute atomic E-state index is 12.4. The van der Waals surface area contributed by atoms with Gasteiger partial charge in [-0.1, -0.05) is 18.2 Å². The van der Waals surface area contributed by atoms with Crippen molar-refractivity contribution in [3.8, 4) is 11.4 Å². The smallest absolute Gasteiger partial charge is 0.254 e. The number of carbonyl (C=O) groups excluding carboxylic acids is 1. The number of hydrogen-bond acceptors (Lipinski definition) is 7. The summed E-state index contributed by atoms with van der Waals surface area (Å²) >= 11 is 0. The van der Waals surface area contributed by atoms with Gasteiger partial charge in [-0.15, -0.1) is 10.2 Å². The summed E-state index contributed by atoms with van der Waals surface area (Å²) in [5, 5.41) is 16.8. The number of tetrazole rings is 1. The lowest BCUT2D eigenvalue weighted by Gasteiger charge is -2.25. The monoisotopic (exact) mass is 368 g/mol. The van der Waals surface area contributed by atoms with E-state index in [0.29, 0.717) is 24.5 Å². The highest BCUT2D eigenvalue weighted by Crippen LogP contribution is 2.15. The first-order valence-corrected chi connectivity index (χ1v) is 8.76. The lowest BCUT2D eigenvalue weighted by Crippen LogP contribution is -2.35. The van der Waals surface area contributed by atoms with Crippen molar-refractivity contribution >= 4 is 5.91 Å². The van der Waals surface area contributed by atoms with Gasteiger partial charge in [0, 0.05) is 25.2 Å². The quantitative estimate of drug-likeness (QED) is 0.673. The van der Waals surface area contributed by atoms with Gasteiger partial charge in [-0.3, -0.25) is 9.69 Å². The van der Waals surface area contributed by atoms with Gasteiger partial charge in [0.1, 0.15) is 12.0 Å². The summed E-state index contributed by atoms with van der Waals surface area (Å²) in [5.41, 5.74) is 2.31. The second-order valence-corrected chi connectivity index (χ2v) is 6.31. The zero-order valence-corrected chi connectivity index (χ0v) is 14.7. The molecule has 0 bridgehead atoms. The van der Waals surface area contributed by atoms with E-state index in [2.05, 4.69) is 30.8 Å². The molecule has 140 valence electrons. The van der Waals surface area contributed by atoms with Gasteiger partial charge >= 0.3 is 0 Å². The predicted octanol–water partition coefficient (Wildman–Crippen LogP) is 1.22. The summed E-state index contributed by atoms with van der Waals surface area (Å²) in [4.78, 5) is 14.6. The van der Waals surface area contributed by atoms with Crippen LogP contribution in [-0.2, 0) is 17.8 Å². The summed E-state index contributed by atoms with van der Waals surface area (Å²) in [5.74, 6) is 1.13. The molecule has 1 aliphatic rings. The Kier molecular flexibility index (Phi) is 5.22. The first kappa shape index (κ1) is 17.4. The minimum atomic E-state index is -0.169. The van der Waals surface area contributed by atoms with E-state index < -0.39 is 0 Å². The van der Waals surface area contributed by atoms with E-state index >= 15 is 0 Å². The Hall–Kier alpha value is -3.04. The van der Waals surface area contributed by atoms with Crippen molar-refractivity contribution in [2.45, 2.75) is 13.1 Å². The van der Waals surface area contributed by atoms with E-state index in [4.69, 9.17) is 9.15 Å². The molecule has 1 fully saturated rings. The molecule has 9 nitrogen and oxygen atoms in total. The van der Waals surface area contributed by atoms with Crippen LogP contribution in [0.5, 0.6) is 0 Å². The molecule has 0 spiro atoms. The van der Waals surface area contributed by atoms with Gasteiger partial charge in [0.2, 0.25) is 5.82 Å². The molecule has 0 radical (unpaired) electrons. The van der Waals surface area contributed by atoms with E-state index in [9.17, 15) is 4.79 Å². The fourth-order valence-corrected chi connectivity index (χ4v) is 2.95. The van der Waals surface area contributed by atoms with Gasteiger partial charge in [0.05, 0.1) is 25.3 Å². The number of nitrogens with zero attached hydrogens (tertiary/aromatic N) is 4. The fourth-order valence-electron chi connectivity index (χ4n) is 2.95. The Balaban J connectivity index is 1.34. The molecular weight excluding hydrogens is 348 g/mol. The van der Waals surface area contributed by atoms with Gasteiger partial charge < -0.3 is 14.5 Å². The minimum Gasteiger partial charge on any atom is -0.467 e. The molecule has 0 saturated carbocycles. The normalized spacial score (nSPS) is 15.0. The first-order chi connectivity index (χ1) is 13.3. The van der Waals surface area contributed by atoms with Crippen LogP contribution in [0.3, 0.4) is 0 Å². The topological polar surface area (TPSA) is 109 Å². The fraction of sp³-hybridized carbons (Fsp3) is 0.333. The van der Waals surface area contributed by atoms with E-state index in [1.807, 2.05) is 24.3 Å². The van der Waals surface area contributed by atoms with Gasteiger partial charge in [-0.25, -0.2) is 0 Å². The van der Waals surface area contributed by atoms with Crippen LogP contribution in [0.1, 0.15) is 21.7 Å². The standard InChI is InChI=1S/C18H20N6O3/c25-18(15-9-16(27-12-15)11-24-4-6-26-7-5-24)19-10-13-2-1-3-14(8-13)17-20-22-23-21-17/h1-3,8-9,12H,4-7,10-11H2,(H,19,25)(H,20,21,22,23). The number of morpholine rings is 1. The molecular formula is C18H20N6O3. The molecule has 0 aliphatic carbocycles. The number of benzene rings is 1. The highest BCUT2D eigenvalue weighted by atomic mass is 16.5. The lowest BCUT2D eigenvalue weighted by molar-refractivity contribution is 0.0313. The molecule has 0 atom stereocenters. The summed E-state index contributed by atoms with van der Waals surface area (Å²) in [6.07, 6.45) is 1.50. The van der Waals surface area contributed by atoms with Crippen molar-refractivity contribution in [1.82, 2.24) is 30.8 Å². The average Bonchev–Trinajstić information content (AvgIpc) is 3.39. The van der Waals surface area contributed by atoms with Crippen molar-refractivity contribution in [3.63, 3.8) is 0 Å². The average molecular weight is 368 g/mol.